The maximum Gasteiger partial charge on any atom is 0.399 e. The van der Waals surface area contributed by atoms with Gasteiger partial charge in [0.05, 0.1) is 10.8 Å². The zero-order valence-corrected chi connectivity index (χ0v) is 31.3. The van der Waals surface area contributed by atoms with Gasteiger partial charge in [-0.2, -0.15) is 8.78 Å². The SMILES string of the molecule is CC(=O)N1CC[C@H]2CC[C@@H](C(=O)N3CCC(C(N)=O)c4cc(-c5ccccc5)ccc43)N2C(=O)[C@@H](NC(=O)c2cc3cc(C(F)(F)P(=O)(O)O)ccc3s2)C1. The monoisotopic (exact) mass is 793 g/mol. The predicted molar refractivity (Wildman–Crippen MR) is 200 cm³/mol. The molecule has 3 aliphatic rings. The number of anilines is 1. The number of primary amides is 1. The van der Waals surface area contributed by atoms with Crippen molar-refractivity contribution < 1.29 is 47.1 Å². The molecule has 4 heterocycles. The number of alkyl halides is 2. The fourth-order valence-corrected chi connectivity index (χ4v) is 9.30. The molecule has 7 rings (SSSR count). The Morgan fingerprint density at radius 1 is 0.927 bits per heavy atom. The van der Waals surface area contributed by atoms with E-state index in [9.17, 15) is 47.1 Å². The minimum absolute atomic E-state index is 0.0327. The van der Waals surface area contributed by atoms with Gasteiger partial charge in [-0.3, -0.25) is 28.5 Å². The maximum absolute atomic E-state index is 14.5. The van der Waals surface area contributed by atoms with E-state index in [-0.39, 0.29) is 48.1 Å². The van der Waals surface area contributed by atoms with Crippen LogP contribution >= 0.6 is 18.9 Å². The summed E-state index contributed by atoms with van der Waals surface area (Å²) in [5.41, 5.74) is 3.39. The molecule has 5 amide bonds. The summed E-state index contributed by atoms with van der Waals surface area (Å²) in [5.74, 6) is -3.07. The highest BCUT2D eigenvalue weighted by atomic mass is 32.1. The number of amides is 5. The number of nitrogens with one attached hydrogen (secondary N) is 1. The number of hydrogen-bond acceptors (Lipinski definition) is 7. The Hall–Kier alpha value is -5.02. The number of rotatable bonds is 7. The Morgan fingerprint density at radius 2 is 1.67 bits per heavy atom. The second kappa shape index (κ2) is 14.6. The summed E-state index contributed by atoms with van der Waals surface area (Å²) in [7, 11) is -5.83. The van der Waals surface area contributed by atoms with Gasteiger partial charge in [0, 0.05) is 48.6 Å². The lowest BCUT2D eigenvalue weighted by Gasteiger charge is -2.40. The van der Waals surface area contributed by atoms with Gasteiger partial charge < -0.3 is 35.5 Å². The molecule has 2 saturated heterocycles. The molecule has 0 radical (unpaired) electrons. The standard InChI is InChI=1S/C38H38F2N5O8PS/c1-21(46)43-15-13-26-9-11-31(37(50)44-16-14-27(34(41)47)28-18-23(7-10-30(28)44)22-5-3-2-4-6-22)45(26)36(49)29(20-43)42-35(48)33-19-24-17-25(8-12-32(24)55-33)38(39,40)54(51,52)53/h2-8,10,12,17-19,26-27,29,31H,9,11,13-16,20H2,1H3,(H2,41,47)(H,42,48)(H2,51,52,53)/t26-,27?,29+,31+/m1/s1. The average Bonchev–Trinajstić information content (AvgIpc) is 3.78. The van der Waals surface area contributed by atoms with E-state index < -0.39 is 60.6 Å². The van der Waals surface area contributed by atoms with Crippen LogP contribution in [0.5, 0.6) is 0 Å². The summed E-state index contributed by atoms with van der Waals surface area (Å²) in [6.45, 7) is 1.64. The van der Waals surface area contributed by atoms with Crippen molar-refractivity contribution in [3.05, 3.63) is 88.8 Å². The number of thiophene rings is 1. The summed E-state index contributed by atoms with van der Waals surface area (Å²) >= 11 is 0.927. The molecule has 55 heavy (non-hydrogen) atoms. The van der Waals surface area contributed by atoms with Crippen LogP contribution in [-0.2, 0) is 29.4 Å². The van der Waals surface area contributed by atoms with Gasteiger partial charge >= 0.3 is 13.3 Å². The Kier molecular flexibility index (Phi) is 10.1. The molecule has 1 aromatic heterocycles. The van der Waals surface area contributed by atoms with Crippen LogP contribution in [0.1, 0.15) is 59.3 Å². The van der Waals surface area contributed by atoms with E-state index in [1.54, 1.807) is 11.0 Å². The number of nitrogens with two attached hydrogens (primary N) is 1. The van der Waals surface area contributed by atoms with Gasteiger partial charge in [-0.15, -0.1) is 11.3 Å². The fraction of sp³-hybridized carbons (Fsp3) is 0.342. The normalized spacial score (nSPS) is 21.8. The first-order chi connectivity index (χ1) is 26.0. The van der Waals surface area contributed by atoms with Crippen molar-refractivity contribution in [1.82, 2.24) is 15.1 Å². The summed E-state index contributed by atoms with van der Waals surface area (Å²) < 4.78 is 40.7. The Bertz CT molecular complexity index is 2270. The quantitative estimate of drug-likeness (QED) is 0.197. The van der Waals surface area contributed by atoms with Crippen LogP contribution in [-0.4, -0.2) is 86.9 Å². The van der Waals surface area contributed by atoms with Gasteiger partial charge in [0.15, 0.2) is 0 Å². The molecule has 4 atom stereocenters. The molecular weight excluding hydrogens is 755 g/mol. The van der Waals surface area contributed by atoms with Crippen LogP contribution < -0.4 is 16.0 Å². The number of fused-ring (bicyclic) bond motifs is 3. The van der Waals surface area contributed by atoms with Crippen molar-refractivity contribution in [1.29, 1.82) is 0 Å². The van der Waals surface area contributed by atoms with Crippen molar-refractivity contribution in [2.75, 3.05) is 24.5 Å². The van der Waals surface area contributed by atoms with E-state index in [2.05, 4.69) is 5.32 Å². The lowest BCUT2D eigenvalue weighted by Crippen LogP contribution is -2.61. The number of carbonyl (C=O) groups is 5. The van der Waals surface area contributed by atoms with E-state index >= 15 is 0 Å². The van der Waals surface area contributed by atoms with Gasteiger partial charge in [0.25, 0.3) is 5.91 Å². The molecule has 3 aromatic carbocycles. The fourth-order valence-electron chi connectivity index (χ4n) is 7.88. The van der Waals surface area contributed by atoms with Gasteiger partial charge in [-0.25, -0.2) is 0 Å². The number of halogens is 2. The predicted octanol–water partition coefficient (Wildman–Crippen LogP) is 4.51. The molecule has 2 fully saturated rings. The van der Waals surface area contributed by atoms with E-state index in [1.807, 2.05) is 42.5 Å². The Balaban J connectivity index is 1.17. The first-order valence-corrected chi connectivity index (χ1v) is 20.1. The highest BCUT2D eigenvalue weighted by molar-refractivity contribution is 7.52. The second-order valence-corrected chi connectivity index (χ2v) is 16.8. The molecule has 0 aliphatic carbocycles. The van der Waals surface area contributed by atoms with Crippen molar-refractivity contribution in [3.63, 3.8) is 0 Å². The molecule has 0 saturated carbocycles. The van der Waals surface area contributed by atoms with Crippen molar-refractivity contribution in [2.24, 2.45) is 5.73 Å². The zero-order valence-electron chi connectivity index (χ0n) is 29.6. The van der Waals surface area contributed by atoms with Crippen LogP contribution in [0.2, 0.25) is 0 Å². The van der Waals surface area contributed by atoms with Crippen LogP contribution in [0.25, 0.3) is 21.2 Å². The molecule has 0 spiro atoms. The highest BCUT2D eigenvalue weighted by Gasteiger charge is 2.51. The summed E-state index contributed by atoms with van der Waals surface area (Å²) in [6.07, 6.45) is 1.51. The van der Waals surface area contributed by atoms with Crippen LogP contribution in [0.4, 0.5) is 14.5 Å². The lowest BCUT2D eigenvalue weighted by molar-refractivity contribution is -0.144. The largest absolute Gasteiger partial charge is 0.399 e. The third-order valence-corrected chi connectivity index (χ3v) is 12.8. The van der Waals surface area contributed by atoms with Crippen molar-refractivity contribution >= 4 is 64.2 Å². The molecule has 4 aromatic rings. The average molecular weight is 794 g/mol. The third kappa shape index (κ3) is 7.15. The zero-order chi connectivity index (χ0) is 39.4. The van der Waals surface area contributed by atoms with Crippen molar-refractivity contribution in [2.45, 2.75) is 62.3 Å². The van der Waals surface area contributed by atoms with E-state index in [0.717, 1.165) is 34.6 Å². The van der Waals surface area contributed by atoms with Crippen LogP contribution in [0.15, 0.2) is 72.8 Å². The summed E-state index contributed by atoms with van der Waals surface area (Å²) in [6, 6.07) is 16.8. The second-order valence-electron chi connectivity index (χ2n) is 14.1. The van der Waals surface area contributed by atoms with Crippen LogP contribution in [0, 0.1) is 0 Å². The van der Waals surface area contributed by atoms with Gasteiger partial charge in [-0.1, -0.05) is 42.5 Å². The first-order valence-electron chi connectivity index (χ1n) is 17.7. The Morgan fingerprint density at radius 3 is 2.36 bits per heavy atom. The highest BCUT2D eigenvalue weighted by Crippen LogP contribution is 2.59. The topological polar surface area (TPSA) is 191 Å². The number of nitrogens with zero attached hydrogens (tertiary/aromatic N) is 3. The smallest absolute Gasteiger partial charge is 0.369 e. The van der Waals surface area contributed by atoms with Crippen LogP contribution in [0.3, 0.4) is 0 Å². The molecule has 13 nitrogen and oxygen atoms in total. The van der Waals surface area contributed by atoms with Crippen molar-refractivity contribution in [3.8, 4) is 11.1 Å². The number of carbonyl (C=O) groups excluding carboxylic acids is 5. The first kappa shape index (κ1) is 38.3. The van der Waals surface area contributed by atoms with E-state index in [1.165, 1.54) is 28.9 Å². The van der Waals surface area contributed by atoms with E-state index in [0.29, 0.717) is 35.2 Å². The van der Waals surface area contributed by atoms with Gasteiger partial charge in [-0.05, 0) is 78.1 Å². The molecule has 3 aliphatic heterocycles. The Labute approximate surface area is 318 Å². The van der Waals surface area contributed by atoms with Gasteiger partial charge in [0.1, 0.15) is 12.1 Å². The molecular formula is C38H38F2N5O8PS. The molecule has 5 N–H and O–H groups in total. The number of benzene rings is 3. The number of hydrogen-bond donors (Lipinski definition) is 4. The molecule has 1 unspecified atom stereocenters. The summed E-state index contributed by atoms with van der Waals surface area (Å²) in [4.78, 5) is 90.9. The third-order valence-electron chi connectivity index (χ3n) is 10.7. The van der Waals surface area contributed by atoms with Gasteiger partial charge in [0.2, 0.25) is 23.6 Å². The lowest BCUT2D eigenvalue weighted by atomic mass is 9.86. The molecule has 17 heteroatoms. The molecule has 0 bridgehead atoms. The summed E-state index contributed by atoms with van der Waals surface area (Å²) in [5, 5.41) is 2.85. The minimum Gasteiger partial charge on any atom is -0.369 e. The maximum atomic E-state index is 14.5. The molecule has 288 valence electrons. The van der Waals surface area contributed by atoms with E-state index in [4.69, 9.17) is 5.73 Å². The minimum atomic E-state index is -5.83.